The average molecular weight is 309 g/mol. The fourth-order valence-corrected chi connectivity index (χ4v) is 3.06. The Balaban J connectivity index is 1.87. The molecule has 4 heteroatoms. The third-order valence-electron chi connectivity index (χ3n) is 4.41. The monoisotopic (exact) mass is 309 g/mol. The molecule has 1 amide bonds. The summed E-state index contributed by atoms with van der Waals surface area (Å²) in [6.07, 6.45) is 1.02. The summed E-state index contributed by atoms with van der Waals surface area (Å²) in [4.78, 5) is 14.9. The Morgan fingerprint density at radius 2 is 2.04 bits per heavy atom. The van der Waals surface area contributed by atoms with Crippen LogP contribution in [-0.2, 0) is 6.42 Å². The Bertz CT molecular complexity index is 681. The van der Waals surface area contributed by atoms with Crippen LogP contribution in [0.1, 0.15) is 34.5 Å². The number of aryl methyl sites for hydroxylation is 1. The van der Waals surface area contributed by atoms with Gasteiger partial charge in [-0.2, -0.15) is 0 Å². The first kappa shape index (κ1) is 15.6. The summed E-state index contributed by atoms with van der Waals surface area (Å²) < 4.78 is 0. The minimum Gasteiger partial charge on any atom is -0.399 e. The van der Waals surface area contributed by atoms with E-state index in [1.165, 1.54) is 11.1 Å². The number of nitrogens with one attached hydrogen (secondary N) is 1. The molecule has 4 nitrogen and oxygen atoms in total. The fourth-order valence-electron chi connectivity index (χ4n) is 3.06. The number of nitrogens with zero attached hydrogens (tertiary/aromatic N) is 1. The second-order valence-corrected chi connectivity index (χ2v) is 5.94. The predicted molar refractivity (Wildman–Crippen MR) is 93.3 cm³/mol. The Morgan fingerprint density at radius 1 is 1.26 bits per heavy atom. The number of anilines is 1. The van der Waals surface area contributed by atoms with Gasteiger partial charge in [-0.1, -0.05) is 37.3 Å². The maximum Gasteiger partial charge on any atom is 0.254 e. The van der Waals surface area contributed by atoms with E-state index in [9.17, 15) is 4.79 Å². The summed E-state index contributed by atoms with van der Waals surface area (Å²) in [5, 5.41) is 3.39. The van der Waals surface area contributed by atoms with Gasteiger partial charge in [0.1, 0.15) is 0 Å². The van der Waals surface area contributed by atoms with Crippen molar-refractivity contribution in [1.82, 2.24) is 10.2 Å². The third-order valence-corrected chi connectivity index (χ3v) is 4.41. The van der Waals surface area contributed by atoms with Crippen LogP contribution >= 0.6 is 0 Å². The first-order chi connectivity index (χ1) is 11.2. The lowest BCUT2D eigenvalue weighted by Gasteiger charge is -2.36. The zero-order valence-corrected chi connectivity index (χ0v) is 13.5. The van der Waals surface area contributed by atoms with Crippen molar-refractivity contribution < 1.29 is 4.79 Å². The van der Waals surface area contributed by atoms with Gasteiger partial charge in [0.05, 0.1) is 6.04 Å². The zero-order chi connectivity index (χ0) is 16.2. The van der Waals surface area contributed by atoms with Crippen LogP contribution < -0.4 is 11.1 Å². The highest BCUT2D eigenvalue weighted by Crippen LogP contribution is 2.25. The molecule has 1 saturated heterocycles. The SMILES string of the molecule is CCc1ccc(C2CNCCN2C(=O)c2cccc(N)c2)cc1. The van der Waals surface area contributed by atoms with Gasteiger partial charge >= 0.3 is 0 Å². The van der Waals surface area contributed by atoms with Crippen molar-refractivity contribution in [3.05, 3.63) is 65.2 Å². The van der Waals surface area contributed by atoms with Crippen molar-refractivity contribution >= 4 is 11.6 Å². The molecule has 3 rings (SSSR count). The normalized spacial score (nSPS) is 18.0. The Morgan fingerprint density at radius 3 is 2.74 bits per heavy atom. The van der Waals surface area contributed by atoms with Crippen molar-refractivity contribution in [1.29, 1.82) is 0 Å². The quantitative estimate of drug-likeness (QED) is 0.857. The molecule has 0 bridgehead atoms. The lowest BCUT2D eigenvalue weighted by atomic mass is 10.00. The maximum absolute atomic E-state index is 12.9. The van der Waals surface area contributed by atoms with Gasteiger partial charge in [0.2, 0.25) is 0 Å². The summed E-state index contributed by atoms with van der Waals surface area (Å²) in [6, 6.07) is 15.8. The smallest absolute Gasteiger partial charge is 0.254 e. The number of nitrogens with two attached hydrogens (primary N) is 1. The molecule has 1 aliphatic rings. The second-order valence-electron chi connectivity index (χ2n) is 5.94. The van der Waals surface area contributed by atoms with E-state index in [0.29, 0.717) is 17.8 Å². The van der Waals surface area contributed by atoms with Crippen LogP contribution in [0.3, 0.4) is 0 Å². The highest BCUT2D eigenvalue weighted by atomic mass is 16.2. The molecule has 0 radical (unpaired) electrons. The van der Waals surface area contributed by atoms with Crippen molar-refractivity contribution in [3.63, 3.8) is 0 Å². The van der Waals surface area contributed by atoms with E-state index in [1.807, 2.05) is 17.0 Å². The summed E-state index contributed by atoms with van der Waals surface area (Å²) in [5.74, 6) is 0.0448. The lowest BCUT2D eigenvalue weighted by Crippen LogP contribution is -2.48. The summed E-state index contributed by atoms with van der Waals surface area (Å²) in [6.45, 7) is 4.44. The summed E-state index contributed by atoms with van der Waals surface area (Å²) in [7, 11) is 0. The molecule has 0 saturated carbocycles. The Hall–Kier alpha value is -2.33. The number of amides is 1. The Kier molecular flexibility index (Phi) is 4.63. The number of carbonyl (C=O) groups excluding carboxylic acids is 1. The molecule has 3 N–H and O–H groups in total. The number of hydrogen-bond acceptors (Lipinski definition) is 3. The van der Waals surface area contributed by atoms with E-state index in [1.54, 1.807) is 12.1 Å². The average Bonchev–Trinajstić information content (AvgIpc) is 2.61. The number of piperazine rings is 1. The summed E-state index contributed by atoms with van der Waals surface area (Å²) >= 11 is 0. The molecular weight excluding hydrogens is 286 g/mol. The van der Waals surface area contributed by atoms with Crippen LogP contribution in [0.15, 0.2) is 48.5 Å². The lowest BCUT2D eigenvalue weighted by molar-refractivity contribution is 0.0634. The van der Waals surface area contributed by atoms with Gasteiger partial charge in [-0.05, 0) is 35.7 Å². The van der Waals surface area contributed by atoms with E-state index < -0.39 is 0 Å². The van der Waals surface area contributed by atoms with Gasteiger partial charge in [-0.25, -0.2) is 0 Å². The minimum atomic E-state index is 0.0448. The van der Waals surface area contributed by atoms with Crippen LogP contribution in [0.2, 0.25) is 0 Å². The molecule has 1 fully saturated rings. The highest BCUT2D eigenvalue weighted by Gasteiger charge is 2.28. The zero-order valence-electron chi connectivity index (χ0n) is 13.5. The number of benzene rings is 2. The topological polar surface area (TPSA) is 58.4 Å². The molecule has 1 atom stereocenters. The van der Waals surface area contributed by atoms with Crippen LogP contribution in [0.25, 0.3) is 0 Å². The van der Waals surface area contributed by atoms with Gasteiger partial charge in [-0.3, -0.25) is 4.79 Å². The largest absolute Gasteiger partial charge is 0.399 e. The van der Waals surface area contributed by atoms with Crippen molar-refractivity contribution in [2.45, 2.75) is 19.4 Å². The molecule has 23 heavy (non-hydrogen) atoms. The molecule has 2 aromatic carbocycles. The minimum absolute atomic E-state index is 0.0448. The molecular formula is C19H23N3O. The first-order valence-corrected chi connectivity index (χ1v) is 8.15. The van der Waals surface area contributed by atoms with E-state index >= 15 is 0 Å². The number of hydrogen-bond donors (Lipinski definition) is 2. The Labute approximate surface area is 137 Å². The molecule has 0 spiro atoms. The first-order valence-electron chi connectivity index (χ1n) is 8.15. The van der Waals surface area contributed by atoms with Crippen LogP contribution in [0.4, 0.5) is 5.69 Å². The van der Waals surface area contributed by atoms with Crippen LogP contribution in [0, 0.1) is 0 Å². The van der Waals surface area contributed by atoms with Gasteiger partial charge in [0.15, 0.2) is 0 Å². The van der Waals surface area contributed by atoms with Gasteiger partial charge in [-0.15, -0.1) is 0 Å². The molecule has 0 aromatic heterocycles. The van der Waals surface area contributed by atoms with Gasteiger partial charge < -0.3 is 16.0 Å². The van der Waals surface area contributed by atoms with E-state index in [-0.39, 0.29) is 11.9 Å². The van der Waals surface area contributed by atoms with Crippen LogP contribution in [-0.4, -0.2) is 30.4 Å². The standard InChI is InChI=1S/C19H23N3O/c1-2-14-6-8-15(9-7-14)18-13-21-10-11-22(18)19(23)16-4-3-5-17(20)12-16/h3-9,12,18,21H,2,10-11,13,20H2,1H3. The third kappa shape index (κ3) is 3.37. The van der Waals surface area contributed by atoms with E-state index in [4.69, 9.17) is 5.73 Å². The van der Waals surface area contributed by atoms with Gasteiger partial charge in [0, 0.05) is 30.9 Å². The summed E-state index contributed by atoms with van der Waals surface area (Å²) in [5.41, 5.74) is 9.58. The molecule has 120 valence electrons. The van der Waals surface area contributed by atoms with Crippen molar-refractivity contribution in [3.8, 4) is 0 Å². The fraction of sp³-hybridized carbons (Fsp3) is 0.316. The second kappa shape index (κ2) is 6.84. The van der Waals surface area contributed by atoms with E-state index in [2.05, 4.69) is 36.5 Å². The molecule has 1 aliphatic heterocycles. The molecule has 2 aromatic rings. The highest BCUT2D eigenvalue weighted by molar-refractivity contribution is 5.95. The number of carbonyl (C=O) groups is 1. The van der Waals surface area contributed by atoms with Crippen LogP contribution in [0.5, 0.6) is 0 Å². The molecule has 1 heterocycles. The van der Waals surface area contributed by atoms with Crippen molar-refractivity contribution in [2.24, 2.45) is 0 Å². The molecule has 0 aliphatic carbocycles. The van der Waals surface area contributed by atoms with Crippen molar-refractivity contribution in [2.75, 3.05) is 25.4 Å². The molecule has 1 unspecified atom stereocenters. The van der Waals surface area contributed by atoms with E-state index in [0.717, 1.165) is 19.5 Å². The van der Waals surface area contributed by atoms with Gasteiger partial charge in [0.25, 0.3) is 5.91 Å². The number of nitrogen functional groups attached to an aromatic ring is 1. The number of rotatable bonds is 3. The maximum atomic E-state index is 12.9. The predicted octanol–water partition coefficient (Wildman–Crippen LogP) is 2.62.